The number of hydrogen-bond acceptors (Lipinski definition) is 4. The Labute approximate surface area is 108 Å². The number of carboxylic acid groups (broad SMARTS) is 1. The van der Waals surface area contributed by atoms with Crippen LogP contribution in [-0.4, -0.2) is 34.4 Å². The molecule has 2 N–H and O–H groups in total. The van der Waals surface area contributed by atoms with E-state index in [0.29, 0.717) is 16.5 Å². The van der Waals surface area contributed by atoms with Gasteiger partial charge in [-0.25, -0.2) is 4.79 Å². The average molecular weight is 258 g/mol. The number of carbonyl (C=O) groups is 2. The normalized spacial score (nSPS) is 9.74. The fourth-order valence-electron chi connectivity index (χ4n) is 1.55. The highest BCUT2D eigenvalue weighted by molar-refractivity contribution is 6.01. The SMILES string of the molecule is COC(=O)CC#Cc1ccc2[nH]nc(C(=O)O)c2c1. The summed E-state index contributed by atoms with van der Waals surface area (Å²) in [4.78, 5) is 21.8. The van der Waals surface area contributed by atoms with E-state index >= 15 is 0 Å². The van der Waals surface area contributed by atoms with Crippen molar-refractivity contribution in [3.63, 3.8) is 0 Å². The second-order valence-electron chi connectivity index (χ2n) is 3.69. The van der Waals surface area contributed by atoms with Crippen molar-refractivity contribution in [2.45, 2.75) is 6.42 Å². The summed E-state index contributed by atoms with van der Waals surface area (Å²) in [5.41, 5.74) is 1.18. The van der Waals surface area contributed by atoms with Gasteiger partial charge in [0.05, 0.1) is 12.6 Å². The second-order valence-corrected chi connectivity index (χ2v) is 3.69. The van der Waals surface area contributed by atoms with Crippen molar-refractivity contribution in [1.29, 1.82) is 0 Å². The lowest BCUT2D eigenvalue weighted by atomic mass is 10.1. The van der Waals surface area contributed by atoms with Crippen LogP contribution in [0.5, 0.6) is 0 Å². The summed E-state index contributed by atoms with van der Waals surface area (Å²) in [5.74, 6) is 3.91. The third-order valence-corrected chi connectivity index (χ3v) is 2.46. The lowest BCUT2D eigenvalue weighted by Crippen LogP contribution is -1.97. The summed E-state index contributed by atoms with van der Waals surface area (Å²) < 4.78 is 4.46. The summed E-state index contributed by atoms with van der Waals surface area (Å²) in [6, 6.07) is 5.03. The Morgan fingerprint density at radius 2 is 2.26 bits per heavy atom. The molecule has 0 aliphatic heterocycles. The van der Waals surface area contributed by atoms with Gasteiger partial charge >= 0.3 is 11.9 Å². The molecule has 19 heavy (non-hydrogen) atoms. The Kier molecular flexibility index (Phi) is 3.48. The average Bonchev–Trinajstić information content (AvgIpc) is 2.81. The summed E-state index contributed by atoms with van der Waals surface area (Å²) in [6.45, 7) is 0. The largest absolute Gasteiger partial charge is 0.476 e. The van der Waals surface area contributed by atoms with Gasteiger partial charge in [-0.1, -0.05) is 11.8 Å². The number of H-pyrrole nitrogens is 1. The fourth-order valence-corrected chi connectivity index (χ4v) is 1.55. The number of esters is 1. The Balaban J connectivity index is 2.32. The number of benzene rings is 1. The lowest BCUT2D eigenvalue weighted by molar-refractivity contribution is -0.139. The first-order chi connectivity index (χ1) is 9.11. The minimum Gasteiger partial charge on any atom is -0.476 e. The third kappa shape index (κ3) is 2.72. The number of nitrogens with one attached hydrogen (secondary N) is 1. The molecule has 2 aromatic rings. The Bertz CT molecular complexity index is 706. The number of aromatic amines is 1. The zero-order chi connectivity index (χ0) is 13.8. The van der Waals surface area contributed by atoms with Crippen molar-refractivity contribution in [2.24, 2.45) is 0 Å². The van der Waals surface area contributed by atoms with Crippen molar-refractivity contribution in [3.8, 4) is 11.8 Å². The highest BCUT2D eigenvalue weighted by Crippen LogP contribution is 2.17. The Hall–Kier alpha value is -2.81. The lowest BCUT2D eigenvalue weighted by Gasteiger charge is -1.93. The zero-order valence-electron chi connectivity index (χ0n) is 10.1. The number of carbonyl (C=O) groups excluding carboxylic acids is 1. The van der Waals surface area contributed by atoms with Crippen LogP contribution in [0.15, 0.2) is 18.2 Å². The molecule has 1 heterocycles. The van der Waals surface area contributed by atoms with E-state index < -0.39 is 11.9 Å². The first-order valence-corrected chi connectivity index (χ1v) is 5.39. The smallest absolute Gasteiger partial charge is 0.357 e. The van der Waals surface area contributed by atoms with Gasteiger partial charge in [0.15, 0.2) is 5.69 Å². The molecule has 0 aliphatic carbocycles. The van der Waals surface area contributed by atoms with Crippen LogP contribution in [0, 0.1) is 11.8 Å². The van der Waals surface area contributed by atoms with E-state index in [0.717, 1.165) is 0 Å². The molecule has 6 heteroatoms. The van der Waals surface area contributed by atoms with E-state index in [1.165, 1.54) is 7.11 Å². The van der Waals surface area contributed by atoms with Crippen LogP contribution in [0.25, 0.3) is 10.9 Å². The highest BCUT2D eigenvalue weighted by Gasteiger charge is 2.12. The molecular weight excluding hydrogens is 248 g/mol. The highest BCUT2D eigenvalue weighted by atomic mass is 16.5. The van der Waals surface area contributed by atoms with Crippen LogP contribution in [-0.2, 0) is 9.53 Å². The van der Waals surface area contributed by atoms with E-state index in [2.05, 4.69) is 26.8 Å². The molecule has 96 valence electrons. The number of hydrogen-bond donors (Lipinski definition) is 2. The molecule has 2 rings (SSSR count). The predicted molar refractivity (Wildman–Crippen MR) is 66.6 cm³/mol. The topological polar surface area (TPSA) is 92.3 Å². The maximum atomic E-state index is 10.9. The van der Waals surface area contributed by atoms with E-state index in [9.17, 15) is 9.59 Å². The third-order valence-electron chi connectivity index (χ3n) is 2.46. The summed E-state index contributed by atoms with van der Waals surface area (Å²) in [6.07, 6.45) is -0.00822. The molecule has 0 aliphatic rings. The first-order valence-electron chi connectivity index (χ1n) is 5.39. The molecule has 6 nitrogen and oxygen atoms in total. The number of carboxylic acids is 1. The van der Waals surface area contributed by atoms with E-state index in [1.807, 2.05) is 0 Å². The Morgan fingerprint density at radius 3 is 2.95 bits per heavy atom. The standard InChI is InChI=1S/C13H10N2O4/c1-19-11(16)4-2-3-8-5-6-10-9(7-8)12(13(17)18)15-14-10/h5-7H,4H2,1H3,(H,14,15)(H,17,18). The molecule has 0 saturated heterocycles. The number of fused-ring (bicyclic) bond motifs is 1. The monoisotopic (exact) mass is 258 g/mol. The van der Waals surface area contributed by atoms with Crippen molar-refractivity contribution < 1.29 is 19.4 Å². The molecule has 0 fully saturated rings. The van der Waals surface area contributed by atoms with E-state index in [1.54, 1.807) is 18.2 Å². The minimum absolute atomic E-state index is 0.00822. The van der Waals surface area contributed by atoms with Crippen LogP contribution in [0.1, 0.15) is 22.5 Å². The number of aromatic carboxylic acids is 1. The Morgan fingerprint density at radius 1 is 1.47 bits per heavy atom. The van der Waals surface area contributed by atoms with Gasteiger partial charge in [-0.3, -0.25) is 9.89 Å². The molecule has 0 unspecified atom stereocenters. The van der Waals surface area contributed by atoms with E-state index in [-0.39, 0.29) is 12.1 Å². The first kappa shape index (κ1) is 12.6. The zero-order valence-corrected chi connectivity index (χ0v) is 10.1. The van der Waals surface area contributed by atoms with Gasteiger partial charge in [-0.2, -0.15) is 5.10 Å². The van der Waals surface area contributed by atoms with Gasteiger partial charge in [-0.15, -0.1) is 0 Å². The van der Waals surface area contributed by atoms with Gasteiger partial charge < -0.3 is 9.84 Å². The number of rotatable bonds is 2. The van der Waals surface area contributed by atoms with Crippen LogP contribution >= 0.6 is 0 Å². The number of nitrogens with zero attached hydrogens (tertiary/aromatic N) is 1. The van der Waals surface area contributed by atoms with Gasteiger partial charge in [0, 0.05) is 10.9 Å². The van der Waals surface area contributed by atoms with Crippen molar-refractivity contribution >= 4 is 22.8 Å². The van der Waals surface area contributed by atoms with Crippen molar-refractivity contribution in [2.75, 3.05) is 7.11 Å². The van der Waals surface area contributed by atoms with Crippen molar-refractivity contribution in [1.82, 2.24) is 10.2 Å². The fraction of sp³-hybridized carbons (Fsp3) is 0.154. The molecule has 0 spiro atoms. The molecule has 1 aromatic heterocycles. The summed E-state index contributed by atoms with van der Waals surface area (Å²) in [5, 5.41) is 15.8. The summed E-state index contributed by atoms with van der Waals surface area (Å²) >= 11 is 0. The van der Waals surface area contributed by atoms with E-state index in [4.69, 9.17) is 5.11 Å². The van der Waals surface area contributed by atoms with Crippen molar-refractivity contribution in [3.05, 3.63) is 29.5 Å². The van der Waals surface area contributed by atoms with Crippen LogP contribution < -0.4 is 0 Å². The van der Waals surface area contributed by atoms with Crippen LogP contribution in [0.4, 0.5) is 0 Å². The van der Waals surface area contributed by atoms with Crippen LogP contribution in [0.3, 0.4) is 0 Å². The van der Waals surface area contributed by atoms with Gasteiger partial charge in [0.1, 0.15) is 6.42 Å². The molecule has 1 aromatic carbocycles. The quantitative estimate of drug-likeness (QED) is 0.623. The van der Waals surface area contributed by atoms with Gasteiger partial charge in [0.25, 0.3) is 0 Å². The molecule has 0 amide bonds. The maximum Gasteiger partial charge on any atom is 0.357 e. The predicted octanol–water partition coefficient (Wildman–Crippen LogP) is 1.18. The summed E-state index contributed by atoms with van der Waals surface area (Å²) in [7, 11) is 1.29. The molecule has 0 radical (unpaired) electrons. The number of ether oxygens (including phenoxy) is 1. The number of aromatic nitrogens is 2. The molecule has 0 atom stereocenters. The van der Waals surface area contributed by atoms with Crippen LogP contribution in [0.2, 0.25) is 0 Å². The molecular formula is C13H10N2O4. The van der Waals surface area contributed by atoms with Gasteiger partial charge in [0.2, 0.25) is 0 Å². The number of methoxy groups -OCH3 is 1. The minimum atomic E-state index is -1.11. The molecule has 0 saturated carbocycles. The second kappa shape index (κ2) is 5.23. The maximum absolute atomic E-state index is 10.9. The van der Waals surface area contributed by atoms with Gasteiger partial charge in [-0.05, 0) is 18.2 Å². The molecule has 0 bridgehead atoms.